The monoisotopic (exact) mass is 243 g/mol. The quantitative estimate of drug-likeness (QED) is 0.606. The van der Waals surface area contributed by atoms with Crippen molar-refractivity contribution in [3.8, 4) is 0 Å². The summed E-state index contributed by atoms with van der Waals surface area (Å²) in [6.45, 7) is 3.75. The van der Waals surface area contributed by atoms with E-state index in [1.807, 2.05) is 0 Å². The molecule has 0 spiro atoms. The number of aliphatic carboxylic acids is 1. The highest BCUT2D eigenvalue weighted by Crippen LogP contribution is 2.30. The molecule has 1 rings (SSSR count). The zero-order chi connectivity index (χ0) is 12.8. The van der Waals surface area contributed by atoms with Crippen molar-refractivity contribution in [2.75, 3.05) is 13.2 Å². The second kappa shape index (κ2) is 6.24. The number of aliphatic hydroxyl groups is 1. The Kier molecular flexibility index (Phi) is 4.96. The number of carbonyl (C=O) groups excluding carboxylic acids is 1. The predicted octanol–water partition coefficient (Wildman–Crippen LogP) is 0.370. The molecular weight excluding hydrogens is 226 g/mol. The predicted molar refractivity (Wildman–Crippen MR) is 59.4 cm³/mol. The molecule has 96 valence electrons. The van der Waals surface area contributed by atoms with Gasteiger partial charge >= 0.3 is 12.1 Å². The SMILES string of the molecule is C=CCOC(=O)NC[C@H]1C[C@H](C(=O)O)C[C@H]1O. The maximum absolute atomic E-state index is 11.1. The first kappa shape index (κ1) is 13.5. The lowest BCUT2D eigenvalue weighted by atomic mass is 10.0. The van der Waals surface area contributed by atoms with Crippen LogP contribution in [0.4, 0.5) is 4.79 Å². The lowest BCUT2D eigenvalue weighted by molar-refractivity contribution is -0.141. The lowest BCUT2D eigenvalue weighted by Crippen LogP contribution is -2.32. The number of rotatable bonds is 5. The zero-order valence-electron chi connectivity index (χ0n) is 9.46. The van der Waals surface area contributed by atoms with Crippen LogP contribution in [0.1, 0.15) is 12.8 Å². The summed E-state index contributed by atoms with van der Waals surface area (Å²) in [5, 5.41) is 20.9. The number of hydrogen-bond donors (Lipinski definition) is 3. The zero-order valence-corrected chi connectivity index (χ0v) is 9.46. The van der Waals surface area contributed by atoms with Gasteiger partial charge in [0, 0.05) is 12.5 Å². The van der Waals surface area contributed by atoms with Crippen LogP contribution in [0.15, 0.2) is 12.7 Å². The van der Waals surface area contributed by atoms with Crippen molar-refractivity contribution in [3.05, 3.63) is 12.7 Å². The highest BCUT2D eigenvalue weighted by Gasteiger charge is 2.36. The van der Waals surface area contributed by atoms with Crippen LogP contribution in [0.3, 0.4) is 0 Å². The third-order valence-electron chi connectivity index (χ3n) is 2.85. The molecule has 0 bridgehead atoms. The highest BCUT2D eigenvalue weighted by molar-refractivity contribution is 5.70. The van der Waals surface area contributed by atoms with Crippen molar-refractivity contribution in [1.29, 1.82) is 0 Å². The van der Waals surface area contributed by atoms with E-state index in [4.69, 9.17) is 9.84 Å². The molecule has 1 saturated carbocycles. The number of aliphatic hydroxyl groups excluding tert-OH is 1. The summed E-state index contributed by atoms with van der Waals surface area (Å²) in [4.78, 5) is 21.8. The van der Waals surface area contributed by atoms with E-state index in [0.717, 1.165) is 0 Å². The van der Waals surface area contributed by atoms with Crippen molar-refractivity contribution in [2.45, 2.75) is 18.9 Å². The van der Waals surface area contributed by atoms with E-state index in [-0.39, 0.29) is 25.5 Å². The fourth-order valence-corrected chi connectivity index (χ4v) is 1.92. The van der Waals surface area contributed by atoms with Gasteiger partial charge in [0.15, 0.2) is 0 Å². The molecule has 6 nitrogen and oxygen atoms in total. The fourth-order valence-electron chi connectivity index (χ4n) is 1.92. The molecular formula is C11H17NO5. The van der Waals surface area contributed by atoms with Gasteiger partial charge in [-0.25, -0.2) is 4.79 Å². The molecule has 0 heterocycles. The topological polar surface area (TPSA) is 95.9 Å². The van der Waals surface area contributed by atoms with Crippen molar-refractivity contribution in [1.82, 2.24) is 5.32 Å². The molecule has 0 aromatic rings. The standard InChI is InChI=1S/C11H17NO5/c1-2-3-17-11(16)12-6-8-4-7(10(14)15)5-9(8)13/h2,7-9,13H,1,3-6H2,(H,12,16)(H,14,15)/t7-,8+,9+/m0/s1. The summed E-state index contributed by atoms with van der Waals surface area (Å²) in [6, 6.07) is 0. The van der Waals surface area contributed by atoms with Crippen LogP contribution in [-0.2, 0) is 9.53 Å². The minimum absolute atomic E-state index is 0.122. The lowest BCUT2D eigenvalue weighted by Gasteiger charge is -2.14. The largest absolute Gasteiger partial charge is 0.481 e. The number of amides is 1. The molecule has 1 aliphatic carbocycles. The Morgan fingerprint density at radius 3 is 2.71 bits per heavy atom. The van der Waals surface area contributed by atoms with Crippen LogP contribution in [0.25, 0.3) is 0 Å². The molecule has 1 fully saturated rings. The van der Waals surface area contributed by atoms with Crippen LogP contribution in [0.5, 0.6) is 0 Å². The minimum Gasteiger partial charge on any atom is -0.481 e. The third-order valence-corrected chi connectivity index (χ3v) is 2.85. The van der Waals surface area contributed by atoms with Gasteiger partial charge in [0.05, 0.1) is 12.0 Å². The Labute approximate surface area is 99.3 Å². The van der Waals surface area contributed by atoms with Gasteiger partial charge < -0.3 is 20.3 Å². The summed E-state index contributed by atoms with van der Waals surface area (Å²) >= 11 is 0. The summed E-state index contributed by atoms with van der Waals surface area (Å²) in [7, 11) is 0. The Bertz CT molecular complexity index is 304. The summed E-state index contributed by atoms with van der Waals surface area (Å²) in [5.41, 5.74) is 0. The Hall–Kier alpha value is -1.56. The number of hydrogen-bond acceptors (Lipinski definition) is 4. The average Bonchev–Trinajstić information content (AvgIpc) is 2.65. The minimum atomic E-state index is -0.902. The third kappa shape index (κ3) is 4.07. The normalized spacial score (nSPS) is 27.5. The van der Waals surface area contributed by atoms with Crippen molar-refractivity contribution < 1.29 is 24.5 Å². The van der Waals surface area contributed by atoms with Crippen molar-refractivity contribution in [2.24, 2.45) is 11.8 Å². The van der Waals surface area contributed by atoms with E-state index in [0.29, 0.717) is 6.42 Å². The molecule has 0 aliphatic heterocycles. The smallest absolute Gasteiger partial charge is 0.407 e. The fraction of sp³-hybridized carbons (Fsp3) is 0.636. The molecule has 0 saturated heterocycles. The average molecular weight is 243 g/mol. The molecule has 1 amide bonds. The molecule has 17 heavy (non-hydrogen) atoms. The van der Waals surface area contributed by atoms with Crippen LogP contribution < -0.4 is 5.32 Å². The number of carbonyl (C=O) groups is 2. The first-order chi connectivity index (χ1) is 8.04. The van der Waals surface area contributed by atoms with Crippen LogP contribution in [0.2, 0.25) is 0 Å². The van der Waals surface area contributed by atoms with E-state index < -0.39 is 24.1 Å². The van der Waals surface area contributed by atoms with Crippen molar-refractivity contribution >= 4 is 12.1 Å². The van der Waals surface area contributed by atoms with E-state index in [2.05, 4.69) is 11.9 Å². The Morgan fingerprint density at radius 2 is 2.18 bits per heavy atom. The summed E-state index contributed by atoms with van der Waals surface area (Å²) in [5.74, 6) is -1.66. The number of alkyl carbamates (subject to hydrolysis) is 1. The second-order valence-electron chi connectivity index (χ2n) is 4.10. The molecule has 0 radical (unpaired) electrons. The first-order valence-corrected chi connectivity index (χ1v) is 5.47. The van der Waals surface area contributed by atoms with Gasteiger partial charge in [0.1, 0.15) is 6.61 Å². The molecule has 3 atom stereocenters. The van der Waals surface area contributed by atoms with Gasteiger partial charge in [-0.05, 0) is 12.8 Å². The highest BCUT2D eigenvalue weighted by atomic mass is 16.5. The van der Waals surface area contributed by atoms with Crippen LogP contribution >= 0.6 is 0 Å². The molecule has 6 heteroatoms. The van der Waals surface area contributed by atoms with Gasteiger partial charge in [0.2, 0.25) is 0 Å². The van der Waals surface area contributed by atoms with E-state index in [1.54, 1.807) is 0 Å². The number of carboxylic acids is 1. The number of nitrogens with one attached hydrogen (secondary N) is 1. The van der Waals surface area contributed by atoms with E-state index in [9.17, 15) is 14.7 Å². The molecule has 0 aromatic heterocycles. The van der Waals surface area contributed by atoms with Gasteiger partial charge in [-0.1, -0.05) is 12.7 Å². The summed E-state index contributed by atoms with van der Waals surface area (Å²) in [6.07, 6.45) is 0.790. The molecule has 3 N–H and O–H groups in total. The van der Waals surface area contributed by atoms with Crippen LogP contribution in [-0.4, -0.2) is 41.5 Å². The Balaban J connectivity index is 2.30. The maximum atomic E-state index is 11.1. The van der Waals surface area contributed by atoms with Gasteiger partial charge in [-0.3, -0.25) is 4.79 Å². The van der Waals surface area contributed by atoms with Gasteiger partial charge in [0.25, 0.3) is 0 Å². The molecule has 0 unspecified atom stereocenters. The van der Waals surface area contributed by atoms with Gasteiger partial charge in [-0.2, -0.15) is 0 Å². The summed E-state index contributed by atoms with van der Waals surface area (Å²) < 4.78 is 4.69. The second-order valence-corrected chi connectivity index (χ2v) is 4.10. The van der Waals surface area contributed by atoms with Gasteiger partial charge in [-0.15, -0.1) is 0 Å². The van der Waals surface area contributed by atoms with Crippen LogP contribution in [0, 0.1) is 11.8 Å². The maximum Gasteiger partial charge on any atom is 0.407 e. The Morgan fingerprint density at radius 1 is 1.47 bits per heavy atom. The molecule has 0 aromatic carbocycles. The van der Waals surface area contributed by atoms with E-state index >= 15 is 0 Å². The molecule has 1 aliphatic rings. The first-order valence-electron chi connectivity index (χ1n) is 5.47. The number of ether oxygens (including phenoxy) is 1. The number of carboxylic acid groups (broad SMARTS) is 1. The van der Waals surface area contributed by atoms with Crippen molar-refractivity contribution in [3.63, 3.8) is 0 Å². The van der Waals surface area contributed by atoms with E-state index in [1.165, 1.54) is 6.08 Å².